The number of benzene rings is 1. The van der Waals surface area contributed by atoms with Crippen LogP contribution in [0.3, 0.4) is 0 Å². The Kier molecular flexibility index (Phi) is 5.42. The molecule has 0 bridgehead atoms. The van der Waals surface area contributed by atoms with Gasteiger partial charge in [0.25, 0.3) is 5.91 Å². The summed E-state index contributed by atoms with van der Waals surface area (Å²) < 4.78 is 37.3. The van der Waals surface area contributed by atoms with Crippen LogP contribution in [0, 0.1) is 0 Å². The number of para-hydroxylation sites is 1. The third-order valence-corrected chi connectivity index (χ3v) is 5.33. The highest BCUT2D eigenvalue weighted by Gasteiger charge is 2.34. The summed E-state index contributed by atoms with van der Waals surface area (Å²) in [6, 6.07) is 6.69. The fourth-order valence-corrected chi connectivity index (χ4v) is 4.22. The number of rotatable bonds is 4. The molecule has 1 fully saturated rings. The Morgan fingerprint density at radius 2 is 2.08 bits per heavy atom. The average Bonchev–Trinajstić information content (AvgIpc) is 3.18. The van der Waals surface area contributed by atoms with Crippen LogP contribution in [0.5, 0.6) is 0 Å². The maximum atomic E-state index is 12.1. The highest BCUT2D eigenvalue weighted by atomic mass is 32.1. The number of hydrogen-bond donors (Lipinski definition) is 3. The molecule has 10 heteroatoms. The largest absolute Gasteiger partial charge is 0.405 e. The first-order valence-electron chi connectivity index (χ1n) is 8.16. The highest BCUT2D eigenvalue weighted by molar-refractivity contribution is 7.18. The Hall–Kier alpha value is -2.20. The summed E-state index contributed by atoms with van der Waals surface area (Å²) in [5.41, 5.74) is 0.912. The second-order valence-electron chi connectivity index (χ2n) is 6.15. The van der Waals surface area contributed by atoms with Gasteiger partial charge < -0.3 is 10.2 Å². The predicted octanol–water partition coefficient (Wildman–Crippen LogP) is 1.40. The van der Waals surface area contributed by atoms with E-state index in [1.165, 1.54) is 0 Å². The minimum Gasteiger partial charge on any atom is -0.329 e. The van der Waals surface area contributed by atoms with Crippen molar-refractivity contribution in [2.45, 2.75) is 25.1 Å². The third kappa shape index (κ3) is 4.70. The SMILES string of the molecule is O=C(C[NH+]1CCC[C@H]1c1nc2ccccc2s1)NC(=O)NCC(F)(F)F. The molecule has 1 unspecified atom stereocenters. The van der Waals surface area contributed by atoms with E-state index in [2.05, 4.69) is 4.98 Å². The predicted molar refractivity (Wildman–Crippen MR) is 89.9 cm³/mol. The molecular formula is C16H18F3N4O2S+. The van der Waals surface area contributed by atoms with Crippen molar-refractivity contribution in [2.75, 3.05) is 19.6 Å². The van der Waals surface area contributed by atoms with Gasteiger partial charge in [-0.3, -0.25) is 10.1 Å². The number of nitrogens with one attached hydrogen (secondary N) is 3. The first kappa shape index (κ1) is 18.6. The molecule has 0 saturated carbocycles. The number of amides is 3. The van der Waals surface area contributed by atoms with Crippen molar-refractivity contribution >= 4 is 33.5 Å². The second kappa shape index (κ2) is 7.58. The number of halogens is 3. The number of quaternary nitrogens is 1. The summed E-state index contributed by atoms with van der Waals surface area (Å²) in [6.07, 6.45) is -2.72. The lowest BCUT2D eigenvalue weighted by molar-refractivity contribution is -0.910. The topological polar surface area (TPSA) is 75.5 Å². The molecule has 3 rings (SSSR count). The zero-order chi connectivity index (χ0) is 18.7. The summed E-state index contributed by atoms with van der Waals surface area (Å²) in [5.74, 6) is -0.604. The molecule has 2 aromatic rings. The van der Waals surface area contributed by atoms with E-state index in [1.807, 2.05) is 29.6 Å². The van der Waals surface area contributed by atoms with Gasteiger partial charge in [0.2, 0.25) is 0 Å². The van der Waals surface area contributed by atoms with Crippen molar-refractivity contribution in [2.24, 2.45) is 0 Å². The van der Waals surface area contributed by atoms with Crippen LogP contribution in [0.1, 0.15) is 23.9 Å². The molecule has 3 N–H and O–H groups in total. The lowest BCUT2D eigenvalue weighted by Gasteiger charge is -2.19. The first-order chi connectivity index (χ1) is 12.3. The zero-order valence-electron chi connectivity index (χ0n) is 13.7. The quantitative estimate of drug-likeness (QED) is 0.743. The van der Waals surface area contributed by atoms with Crippen molar-refractivity contribution in [3.8, 4) is 0 Å². The number of carbonyl (C=O) groups is 2. The standard InChI is InChI=1S/C16H17F3N4O2S/c17-16(18,19)9-20-15(25)22-13(24)8-23-7-3-5-11(23)14-21-10-4-1-2-6-12(10)26-14/h1-2,4,6,11H,3,5,7-9H2,(H2,20,22,24,25)/p+1/t11-/m0/s1. The van der Waals surface area contributed by atoms with Gasteiger partial charge in [0.1, 0.15) is 12.6 Å². The van der Waals surface area contributed by atoms with Gasteiger partial charge in [-0.05, 0) is 12.1 Å². The minimum absolute atomic E-state index is 0.0139. The number of aromatic nitrogens is 1. The smallest absolute Gasteiger partial charge is 0.329 e. The van der Waals surface area contributed by atoms with Crippen LogP contribution in [-0.2, 0) is 4.79 Å². The molecule has 1 aliphatic rings. The number of nitrogens with zero attached hydrogens (tertiary/aromatic N) is 1. The van der Waals surface area contributed by atoms with Crippen LogP contribution in [0.25, 0.3) is 10.2 Å². The van der Waals surface area contributed by atoms with Crippen LogP contribution in [0.2, 0.25) is 0 Å². The van der Waals surface area contributed by atoms with E-state index < -0.39 is 24.7 Å². The summed E-state index contributed by atoms with van der Waals surface area (Å²) in [4.78, 5) is 29.0. The normalized spacial score (nSPS) is 20.3. The number of imide groups is 1. The molecule has 2 heterocycles. The van der Waals surface area contributed by atoms with Gasteiger partial charge in [-0.1, -0.05) is 12.1 Å². The molecule has 140 valence electrons. The van der Waals surface area contributed by atoms with Crippen molar-refractivity contribution < 1.29 is 27.7 Å². The van der Waals surface area contributed by atoms with Crippen LogP contribution < -0.4 is 15.5 Å². The van der Waals surface area contributed by atoms with E-state index >= 15 is 0 Å². The van der Waals surface area contributed by atoms with Gasteiger partial charge in [0.05, 0.1) is 16.8 Å². The molecule has 1 aromatic heterocycles. The molecule has 0 radical (unpaired) electrons. The maximum Gasteiger partial charge on any atom is 0.405 e. The monoisotopic (exact) mass is 387 g/mol. The number of hydrogen-bond acceptors (Lipinski definition) is 4. The van der Waals surface area contributed by atoms with E-state index in [4.69, 9.17) is 0 Å². The van der Waals surface area contributed by atoms with Crippen LogP contribution in [0.15, 0.2) is 24.3 Å². The molecule has 1 aromatic carbocycles. The number of carbonyl (C=O) groups excluding carboxylic acids is 2. The molecule has 6 nitrogen and oxygen atoms in total. The van der Waals surface area contributed by atoms with E-state index in [-0.39, 0.29) is 12.6 Å². The lowest BCUT2D eigenvalue weighted by Crippen LogP contribution is -3.11. The first-order valence-corrected chi connectivity index (χ1v) is 8.98. The number of alkyl halides is 3. The molecule has 0 spiro atoms. The molecule has 3 amide bonds. The number of urea groups is 1. The average molecular weight is 387 g/mol. The molecule has 26 heavy (non-hydrogen) atoms. The third-order valence-electron chi connectivity index (χ3n) is 4.18. The van der Waals surface area contributed by atoms with Crippen LogP contribution >= 0.6 is 11.3 Å². The minimum atomic E-state index is -4.52. The Morgan fingerprint density at radius 1 is 1.31 bits per heavy atom. The molecular weight excluding hydrogens is 369 g/mol. The van der Waals surface area contributed by atoms with E-state index in [9.17, 15) is 22.8 Å². The van der Waals surface area contributed by atoms with Gasteiger partial charge >= 0.3 is 12.2 Å². The maximum absolute atomic E-state index is 12.1. The van der Waals surface area contributed by atoms with Crippen LogP contribution in [0.4, 0.5) is 18.0 Å². The summed E-state index contributed by atoms with van der Waals surface area (Å²) in [6.45, 7) is -0.713. The summed E-state index contributed by atoms with van der Waals surface area (Å²) >= 11 is 1.58. The van der Waals surface area contributed by atoms with Gasteiger partial charge in [-0.2, -0.15) is 13.2 Å². The Labute approximate surface area is 151 Å². The molecule has 1 saturated heterocycles. The van der Waals surface area contributed by atoms with E-state index in [0.717, 1.165) is 39.5 Å². The Bertz CT molecular complexity index is 775. The van der Waals surface area contributed by atoms with Crippen molar-refractivity contribution in [3.63, 3.8) is 0 Å². The Balaban J connectivity index is 1.58. The number of fused-ring (bicyclic) bond motifs is 1. The van der Waals surface area contributed by atoms with Gasteiger partial charge in [-0.25, -0.2) is 9.78 Å². The zero-order valence-corrected chi connectivity index (χ0v) is 14.5. The fraction of sp³-hybridized carbons (Fsp3) is 0.438. The molecule has 2 atom stereocenters. The van der Waals surface area contributed by atoms with Crippen molar-refractivity contribution in [1.82, 2.24) is 15.6 Å². The summed E-state index contributed by atoms with van der Waals surface area (Å²) in [7, 11) is 0. The van der Waals surface area contributed by atoms with Crippen molar-refractivity contribution in [3.05, 3.63) is 29.3 Å². The van der Waals surface area contributed by atoms with E-state index in [1.54, 1.807) is 16.7 Å². The van der Waals surface area contributed by atoms with E-state index in [0.29, 0.717) is 0 Å². The second-order valence-corrected chi connectivity index (χ2v) is 7.21. The van der Waals surface area contributed by atoms with Gasteiger partial charge in [0, 0.05) is 12.8 Å². The number of thiazole rings is 1. The number of likely N-dealkylation sites (tertiary alicyclic amines) is 1. The van der Waals surface area contributed by atoms with Crippen LogP contribution in [-0.4, -0.2) is 42.7 Å². The van der Waals surface area contributed by atoms with Gasteiger partial charge in [0.15, 0.2) is 11.6 Å². The fourth-order valence-electron chi connectivity index (χ4n) is 3.06. The Morgan fingerprint density at radius 3 is 2.81 bits per heavy atom. The van der Waals surface area contributed by atoms with Crippen molar-refractivity contribution in [1.29, 1.82) is 0 Å². The van der Waals surface area contributed by atoms with Gasteiger partial charge in [-0.15, -0.1) is 11.3 Å². The summed E-state index contributed by atoms with van der Waals surface area (Å²) in [5, 5.41) is 4.51. The lowest BCUT2D eigenvalue weighted by atomic mass is 10.2. The highest BCUT2D eigenvalue weighted by Crippen LogP contribution is 2.28. The molecule has 1 aliphatic heterocycles. The molecule has 0 aliphatic carbocycles.